The zero-order valence-corrected chi connectivity index (χ0v) is 22.7. The predicted octanol–water partition coefficient (Wildman–Crippen LogP) is 6.83. The fraction of sp³-hybridized carbons (Fsp3) is 0.467. The lowest BCUT2D eigenvalue weighted by atomic mass is 9.79. The summed E-state index contributed by atoms with van der Waals surface area (Å²) < 4.78 is 33.1. The van der Waals surface area contributed by atoms with Gasteiger partial charge in [-0.3, -0.25) is 9.78 Å². The van der Waals surface area contributed by atoms with Crippen LogP contribution in [0.25, 0.3) is 10.9 Å². The molecule has 0 amide bonds. The van der Waals surface area contributed by atoms with Crippen molar-refractivity contribution in [1.29, 1.82) is 0 Å². The number of thioether (sulfide) groups is 1. The maximum Gasteiger partial charge on any atom is 0.303 e. The number of aliphatic carboxylic acids is 1. The number of carboxylic acid groups (broad SMARTS) is 1. The number of nitrogens with zero attached hydrogens (tertiary/aromatic N) is 2. The maximum atomic E-state index is 13.9. The molecule has 1 N–H and O–H groups in total. The van der Waals surface area contributed by atoms with Crippen LogP contribution in [0.3, 0.4) is 0 Å². The first-order chi connectivity index (χ1) is 18.4. The molecule has 1 saturated heterocycles. The van der Waals surface area contributed by atoms with Crippen LogP contribution >= 0.6 is 11.8 Å². The molecular weight excluding hydrogens is 506 g/mol. The Bertz CT molecular complexity index is 1210. The molecule has 2 unspecified atom stereocenters. The highest BCUT2D eigenvalue weighted by atomic mass is 32.2. The molecule has 0 spiro atoms. The quantitative estimate of drug-likeness (QED) is 0.189. The molecule has 204 valence electrons. The lowest BCUT2D eigenvalue weighted by molar-refractivity contribution is -0.137. The van der Waals surface area contributed by atoms with Gasteiger partial charge in [0.25, 0.3) is 0 Å². The Morgan fingerprint density at radius 1 is 1.13 bits per heavy atom. The van der Waals surface area contributed by atoms with E-state index >= 15 is 0 Å². The normalized spacial score (nSPS) is 18.1. The van der Waals surface area contributed by atoms with E-state index in [2.05, 4.69) is 16.0 Å². The fourth-order valence-corrected chi connectivity index (χ4v) is 6.43. The zero-order chi connectivity index (χ0) is 26.9. The molecule has 4 rings (SSSR count). The van der Waals surface area contributed by atoms with E-state index < -0.39 is 17.6 Å². The van der Waals surface area contributed by atoms with Gasteiger partial charge in [0.1, 0.15) is 17.4 Å². The van der Waals surface area contributed by atoms with E-state index in [4.69, 9.17) is 4.74 Å². The molecule has 0 saturated carbocycles. The first-order valence-electron chi connectivity index (χ1n) is 13.4. The van der Waals surface area contributed by atoms with Crippen LogP contribution in [0.4, 0.5) is 8.78 Å². The van der Waals surface area contributed by atoms with E-state index in [0.29, 0.717) is 24.0 Å². The number of ether oxygens (including phenoxy) is 1. The van der Waals surface area contributed by atoms with Crippen molar-refractivity contribution in [2.45, 2.75) is 49.8 Å². The number of aromatic nitrogens is 1. The summed E-state index contributed by atoms with van der Waals surface area (Å²) in [6, 6.07) is 12.0. The first-order valence-corrected chi connectivity index (χ1v) is 14.4. The summed E-state index contributed by atoms with van der Waals surface area (Å²) >= 11 is 1.22. The summed E-state index contributed by atoms with van der Waals surface area (Å²) in [5.41, 5.74) is 2.23. The van der Waals surface area contributed by atoms with Gasteiger partial charge in [0.15, 0.2) is 0 Å². The molecular formula is C30H36F2N2O3S. The summed E-state index contributed by atoms with van der Waals surface area (Å²) in [5.74, 6) is 0.530. The Kier molecular flexibility index (Phi) is 10.4. The van der Waals surface area contributed by atoms with Gasteiger partial charge in [-0.2, -0.15) is 0 Å². The number of hydrogen-bond acceptors (Lipinski definition) is 5. The van der Waals surface area contributed by atoms with E-state index in [9.17, 15) is 18.7 Å². The van der Waals surface area contributed by atoms with Gasteiger partial charge in [0, 0.05) is 24.5 Å². The molecule has 1 aliphatic heterocycles. The van der Waals surface area contributed by atoms with Crippen LogP contribution in [0.1, 0.15) is 44.1 Å². The minimum absolute atomic E-state index is 0.0889. The van der Waals surface area contributed by atoms with Crippen molar-refractivity contribution in [2.24, 2.45) is 11.8 Å². The highest BCUT2D eigenvalue weighted by Crippen LogP contribution is 2.33. The van der Waals surface area contributed by atoms with E-state index in [-0.39, 0.29) is 11.3 Å². The topological polar surface area (TPSA) is 62.7 Å². The van der Waals surface area contributed by atoms with Crippen LogP contribution in [0.2, 0.25) is 0 Å². The SMILES string of the molecule is COc1ccc2nccc(CCCC3CCN(CCCSc4c(F)cccc4F)CC3CCC(=O)O)c2c1. The van der Waals surface area contributed by atoms with Gasteiger partial charge in [-0.05, 0) is 111 Å². The van der Waals surface area contributed by atoms with Crippen molar-refractivity contribution in [2.75, 3.05) is 32.5 Å². The van der Waals surface area contributed by atoms with Gasteiger partial charge in [0.2, 0.25) is 0 Å². The number of carbonyl (C=O) groups is 1. The van der Waals surface area contributed by atoms with Gasteiger partial charge in [-0.1, -0.05) is 6.07 Å². The molecule has 0 aliphatic carbocycles. The van der Waals surface area contributed by atoms with Gasteiger partial charge in [0.05, 0.1) is 17.5 Å². The van der Waals surface area contributed by atoms with Gasteiger partial charge < -0.3 is 14.7 Å². The molecule has 8 heteroatoms. The average Bonchev–Trinajstić information content (AvgIpc) is 2.91. The van der Waals surface area contributed by atoms with Crippen LogP contribution in [0, 0.1) is 23.5 Å². The largest absolute Gasteiger partial charge is 0.497 e. The van der Waals surface area contributed by atoms with Crippen LogP contribution in [0.15, 0.2) is 53.6 Å². The second kappa shape index (κ2) is 13.9. The molecule has 1 aliphatic rings. The predicted molar refractivity (Wildman–Crippen MR) is 148 cm³/mol. The molecule has 1 fully saturated rings. The van der Waals surface area contributed by atoms with Crippen molar-refractivity contribution in [3.63, 3.8) is 0 Å². The standard InChI is InChI=1S/C30H36F2N2O3S/c1-37-24-10-11-28-25(19-24)22(13-15-33-28)6-2-5-21-14-17-34(20-23(21)9-12-29(35)36)16-4-18-38-30-26(31)7-3-8-27(30)32/h3,7-8,10-11,13,15,19,21,23H,2,4-6,9,12,14,16-18,20H2,1H3,(H,35,36). The highest BCUT2D eigenvalue weighted by molar-refractivity contribution is 7.99. The number of benzene rings is 2. The molecule has 0 bridgehead atoms. The third-order valence-electron chi connectivity index (χ3n) is 7.55. The van der Waals surface area contributed by atoms with Crippen LogP contribution < -0.4 is 4.74 Å². The van der Waals surface area contributed by atoms with E-state index in [1.165, 1.54) is 35.5 Å². The summed E-state index contributed by atoms with van der Waals surface area (Å²) in [6.07, 6.45) is 7.65. The molecule has 2 aromatic carbocycles. The molecule has 3 aromatic rings. The van der Waals surface area contributed by atoms with E-state index in [0.717, 1.165) is 68.4 Å². The van der Waals surface area contributed by atoms with E-state index in [1.54, 1.807) is 7.11 Å². The number of halogens is 2. The van der Waals surface area contributed by atoms with Gasteiger partial charge >= 0.3 is 5.97 Å². The summed E-state index contributed by atoms with van der Waals surface area (Å²) in [6.45, 7) is 2.71. The molecule has 38 heavy (non-hydrogen) atoms. The zero-order valence-electron chi connectivity index (χ0n) is 21.9. The Hall–Kier alpha value is -2.71. The molecule has 1 aromatic heterocycles. The van der Waals surface area contributed by atoms with E-state index in [1.807, 2.05) is 24.4 Å². The first kappa shape index (κ1) is 28.3. The highest BCUT2D eigenvalue weighted by Gasteiger charge is 2.29. The average molecular weight is 543 g/mol. The number of carboxylic acids is 1. The molecule has 2 heterocycles. The Morgan fingerprint density at radius 2 is 1.95 bits per heavy atom. The Labute approximate surface area is 227 Å². The van der Waals surface area contributed by atoms with Crippen molar-refractivity contribution < 1.29 is 23.4 Å². The lowest BCUT2D eigenvalue weighted by Gasteiger charge is -2.39. The number of methoxy groups -OCH3 is 1. The van der Waals surface area contributed by atoms with Crippen LogP contribution in [-0.2, 0) is 11.2 Å². The van der Waals surface area contributed by atoms with Crippen molar-refractivity contribution in [3.05, 3.63) is 65.9 Å². The Morgan fingerprint density at radius 3 is 2.71 bits per heavy atom. The fourth-order valence-electron chi connectivity index (χ4n) is 5.54. The monoisotopic (exact) mass is 542 g/mol. The minimum atomic E-state index is -0.749. The summed E-state index contributed by atoms with van der Waals surface area (Å²) in [5, 5.41) is 10.4. The van der Waals surface area contributed by atoms with Gasteiger partial charge in [-0.25, -0.2) is 8.78 Å². The van der Waals surface area contributed by atoms with Crippen molar-refractivity contribution in [1.82, 2.24) is 9.88 Å². The number of piperidine rings is 1. The lowest BCUT2D eigenvalue weighted by Crippen LogP contribution is -2.41. The number of likely N-dealkylation sites (tertiary alicyclic amines) is 1. The molecule has 2 atom stereocenters. The van der Waals surface area contributed by atoms with Crippen molar-refractivity contribution in [3.8, 4) is 5.75 Å². The smallest absolute Gasteiger partial charge is 0.303 e. The van der Waals surface area contributed by atoms with Gasteiger partial charge in [-0.15, -0.1) is 11.8 Å². The number of rotatable bonds is 13. The van der Waals surface area contributed by atoms with Crippen molar-refractivity contribution >= 4 is 28.6 Å². The maximum absolute atomic E-state index is 13.9. The van der Waals surface area contributed by atoms with Crippen LogP contribution in [0.5, 0.6) is 5.75 Å². The minimum Gasteiger partial charge on any atom is -0.497 e. The number of hydrogen-bond donors (Lipinski definition) is 1. The second-order valence-electron chi connectivity index (χ2n) is 10.0. The number of pyridine rings is 1. The third kappa shape index (κ3) is 7.67. The summed E-state index contributed by atoms with van der Waals surface area (Å²) in [7, 11) is 1.67. The molecule has 0 radical (unpaired) electrons. The summed E-state index contributed by atoms with van der Waals surface area (Å²) in [4.78, 5) is 18.3. The second-order valence-corrected chi connectivity index (χ2v) is 11.1. The Balaban J connectivity index is 1.29. The molecule has 5 nitrogen and oxygen atoms in total. The third-order valence-corrected chi connectivity index (χ3v) is 8.72. The number of aryl methyl sites for hydroxylation is 1. The van der Waals surface area contributed by atoms with Crippen LogP contribution in [-0.4, -0.2) is 53.5 Å². The number of fused-ring (bicyclic) bond motifs is 1.